The zero-order chi connectivity index (χ0) is 21.8. The first-order chi connectivity index (χ1) is 14.2. The molecule has 0 unspecified atom stereocenters. The molecule has 3 rings (SSSR count). The van der Waals surface area contributed by atoms with Crippen LogP contribution in [0.2, 0.25) is 0 Å². The van der Waals surface area contributed by atoms with Gasteiger partial charge in [-0.25, -0.2) is 15.4 Å². The number of rotatable bonds is 6. The molecule has 0 radical (unpaired) electrons. The van der Waals surface area contributed by atoms with Crippen molar-refractivity contribution in [1.29, 1.82) is 0 Å². The van der Waals surface area contributed by atoms with Gasteiger partial charge in [0, 0.05) is 34.0 Å². The fourth-order valence-corrected chi connectivity index (χ4v) is 4.18. The lowest BCUT2D eigenvalue weighted by Crippen LogP contribution is -2.19. The van der Waals surface area contributed by atoms with Crippen LogP contribution in [0.15, 0.2) is 40.6 Å². The van der Waals surface area contributed by atoms with Crippen molar-refractivity contribution in [1.82, 2.24) is 20.0 Å². The number of hydrogen-bond donors (Lipinski definition) is 1. The minimum absolute atomic E-state index is 0.192. The Morgan fingerprint density at radius 1 is 1.07 bits per heavy atom. The van der Waals surface area contributed by atoms with Crippen molar-refractivity contribution in [3.63, 3.8) is 0 Å². The van der Waals surface area contributed by atoms with Crippen LogP contribution in [0.25, 0.3) is 5.69 Å². The lowest BCUT2D eigenvalue weighted by Gasteiger charge is -2.13. The summed E-state index contributed by atoms with van der Waals surface area (Å²) in [5, 5.41) is 4.74. The number of benzene rings is 1. The van der Waals surface area contributed by atoms with E-state index < -0.39 is 0 Å². The standard InChI is InChI=1S/C23H27N5OS/c1-14-7-8-21(15(2)9-14)28-18(5)11-20(19(28)6)12-24-27-22(29)13-30-23-25-16(3)10-17(4)26-23/h7-12H,13H2,1-6H3,(H,27,29)/b24-12-. The van der Waals surface area contributed by atoms with Crippen LogP contribution in [-0.4, -0.2) is 32.4 Å². The number of aromatic nitrogens is 3. The molecule has 1 aromatic carbocycles. The maximum atomic E-state index is 12.1. The maximum absolute atomic E-state index is 12.1. The average Bonchev–Trinajstić information content (AvgIpc) is 2.93. The van der Waals surface area contributed by atoms with Crippen LogP contribution in [0.5, 0.6) is 0 Å². The number of carbonyl (C=O) groups excluding carboxylic acids is 1. The third-order valence-electron chi connectivity index (χ3n) is 4.75. The average molecular weight is 422 g/mol. The van der Waals surface area contributed by atoms with E-state index in [0.717, 1.165) is 34.0 Å². The highest BCUT2D eigenvalue weighted by Crippen LogP contribution is 2.23. The Morgan fingerprint density at radius 3 is 2.43 bits per heavy atom. The molecular weight excluding hydrogens is 394 g/mol. The van der Waals surface area contributed by atoms with Crippen molar-refractivity contribution in [3.05, 3.63) is 69.8 Å². The van der Waals surface area contributed by atoms with E-state index in [0.29, 0.717) is 5.16 Å². The van der Waals surface area contributed by atoms with Gasteiger partial charge in [0.05, 0.1) is 12.0 Å². The molecule has 0 aliphatic rings. The highest BCUT2D eigenvalue weighted by atomic mass is 32.2. The Labute approximate surface area is 181 Å². The second-order valence-electron chi connectivity index (χ2n) is 7.47. The minimum Gasteiger partial charge on any atom is -0.318 e. The summed E-state index contributed by atoms with van der Waals surface area (Å²) < 4.78 is 2.21. The van der Waals surface area contributed by atoms with E-state index in [9.17, 15) is 4.79 Å². The van der Waals surface area contributed by atoms with Crippen molar-refractivity contribution in [2.24, 2.45) is 5.10 Å². The van der Waals surface area contributed by atoms with Gasteiger partial charge in [0.15, 0.2) is 5.16 Å². The number of amides is 1. The first-order valence-electron chi connectivity index (χ1n) is 9.78. The highest BCUT2D eigenvalue weighted by molar-refractivity contribution is 7.99. The molecule has 7 heteroatoms. The van der Waals surface area contributed by atoms with Crippen molar-refractivity contribution in [3.8, 4) is 5.69 Å². The molecule has 2 heterocycles. The predicted molar refractivity (Wildman–Crippen MR) is 123 cm³/mol. The Hall–Kier alpha value is -2.93. The molecule has 0 saturated carbocycles. The van der Waals surface area contributed by atoms with E-state index >= 15 is 0 Å². The number of thioether (sulfide) groups is 1. The number of nitrogens with zero attached hydrogens (tertiary/aromatic N) is 4. The molecule has 1 amide bonds. The van der Waals surface area contributed by atoms with Crippen LogP contribution in [-0.2, 0) is 4.79 Å². The molecule has 0 atom stereocenters. The van der Waals surface area contributed by atoms with E-state index in [1.165, 1.54) is 22.9 Å². The van der Waals surface area contributed by atoms with Crippen molar-refractivity contribution < 1.29 is 4.79 Å². The second kappa shape index (κ2) is 9.26. The van der Waals surface area contributed by atoms with E-state index in [4.69, 9.17) is 0 Å². The minimum atomic E-state index is -0.192. The molecular formula is C23H27N5OS. The summed E-state index contributed by atoms with van der Waals surface area (Å²) in [6.07, 6.45) is 1.69. The molecule has 0 spiro atoms. The van der Waals surface area contributed by atoms with Gasteiger partial charge < -0.3 is 4.57 Å². The Balaban J connectivity index is 1.65. The topological polar surface area (TPSA) is 72.2 Å². The quantitative estimate of drug-likeness (QED) is 0.278. The predicted octanol–water partition coefficient (Wildman–Crippen LogP) is 4.36. The SMILES string of the molecule is Cc1ccc(-n2c(C)cc(/C=N\NC(=O)CSc3nc(C)cc(C)n3)c2C)c(C)c1. The van der Waals surface area contributed by atoms with Gasteiger partial charge in [0.2, 0.25) is 0 Å². The normalized spacial score (nSPS) is 11.3. The summed E-state index contributed by atoms with van der Waals surface area (Å²) in [4.78, 5) is 20.8. The molecule has 30 heavy (non-hydrogen) atoms. The van der Waals surface area contributed by atoms with Gasteiger partial charge in [-0.15, -0.1) is 0 Å². The van der Waals surface area contributed by atoms with Gasteiger partial charge in [0.25, 0.3) is 5.91 Å². The van der Waals surface area contributed by atoms with Gasteiger partial charge in [-0.3, -0.25) is 4.79 Å². The van der Waals surface area contributed by atoms with Crippen molar-refractivity contribution >= 4 is 23.9 Å². The fourth-order valence-electron chi connectivity index (χ4n) is 3.44. The lowest BCUT2D eigenvalue weighted by molar-refractivity contribution is -0.118. The fraction of sp³-hybridized carbons (Fsp3) is 0.304. The third kappa shape index (κ3) is 5.16. The van der Waals surface area contributed by atoms with E-state index in [1.807, 2.05) is 19.9 Å². The summed E-state index contributed by atoms with van der Waals surface area (Å²) in [7, 11) is 0. The largest absolute Gasteiger partial charge is 0.318 e. The molecule has 3 aromatic rings. The van der Waals surface area contributed by atoms with Crippen LogP contribution >= 0.6 is 11.8 Å². The van der Waals surface area contributed by atoms with Crippen LogP contribution in [0.1, 0.15) is 39.5 Å². The summed E-state index contributed by atoms with van der Waals surface area (Å²) >= 11 is 1.30. The smallest absolute Gasteiger partial charge is 0.250 e. The highest BCUT2D eigenvalue weighted by Gasteiger charge is 2.11. The molecule has 0 saturated heterocycles. The van der Waals surface area contributed by atoms with Gasteiger partial charge in [-0.2, -0.15) is 5.10 Å². The van der Waals surface area contributed by atoms with E-state index in [2.05, 4.69) is 77.0 Å². The number of aryl methyl sites for hydroxylation is 5. The Kier molecular flexibility index (Phi) is 6.72. The molecule has 1 N–H and O–H groups in total. The van der Waals surface area contributed by atoms with Crippen molar-refractivity contribution in [2.45, 2.75) is 46.7 Å². The van der Waals surface area contributed by atoms with Gasteiger partial charge >= 0.3 is 0 Å². The van der Waals surface area contributed by atoms with E-state index in [-0.39, 0.29) is 11.7 Å². The Bertz CT molecular complexity index is 1100. The molecule has 156 valence electrons. The third-order valence-corrected chi connectivity index (χ3v) is 5.60. The maximum Gasteiger partial charge on any atom is 0.250 e. The first-order valence-corrected chi connectivity index (χ1v) is 10.8. The Morgan fingerprint density at radius 2 is 1.77 bits per heavy atom. The van der Waals surface area contributed by atoms with Crippen LogP contribution in [0.3, 0.4) is 0 Å². The zero-order valence-corrected chi connectivity index (χ0v) is 19.1. The molecule has 0 aliphatic heterocycles. The van der Waals surface area contributed by atoms with Crippen LogP contribution < -0.4 is 5.43 Å². The lowest BCUT2D eigenvalue weighted by atomic mass is 10.1. The molecule has 2 aromatic heterocycles. The number of nitrogens with one attached hydrogen (secondary N) is 1. The monoisotopic (exact) mass is 421 g/mol. The number of hydrogen-bond acceptors (Lipinski definition) is 5. The van der Waals surface area contributed by atoms with Gasteiger partial charge in [-0.05, 0) is 65.3 Å². The van der Waals surface area contributed by atoms with Gasteiger partial charge in [0.1, 0.15) is 0 Å². The molecule has 0 bridgehead atoms. The van der Waals surface area contributed by atoms with Gasteiger partial charge in [-0.1, -0.05) is 29.5 Å². The summed E-state index contributed by atoms with van der Waals surface area (Å²) in [5.74, 6) is 0.0177. The number of hydrazone groups is 1. The first kappa shape index (κ1) is 21.8. The van der Waals surface area contributed by atoms with Crippen LogP contribution in [0, 0.1) is 41.5 Å². The van der Waals surface area contributed by atoms with Crippen LogP contribution in [0.4, 0.5) is 0 Å². The molecule has 0 fully saturated rings. The summed E-state index contributed by atoms with van der Waals surface area (Å²) in [6.45, 7) is 12.2. The molecule has 6 nitrogen and oxygen atoms in total. The second-order valence-corrected chi connectivity index (χ2v) is 8.41. The number of carbonyl (C=O) groups is 1. The molecule has 0 aliphatic carbocycles. The zero-order valence-electron chi connectivity index (χ0n) is 18.3. The van der Waals surface area contributed by atoms with Crippen molar-refractivity contribution in [2.75, 3.05) is 5.75 Å². The summed E-state index contributed by atoms with van der Waals surface area (Å²) in [5.41, 5.74) is 11.2. The summed E-state index contributed by atoms with van der Waals surface area (Å²) in [6, 6.07) is 10.4. The van der Waals surface area contributed by atoms with E-state index in [1.54, 1.807) is 6.21 Å².